The van der Waals surface area contributed by atoms with Crippen LogP contribution in [0.2, 0.25) is 10.0 Å². The van der Waals surface area contributed by atoms with E-state index in [0.29, 0.717) is 61.9 Å². The summed E-state index contributed by atoms with van der Waals surface area (Å²) in [5.74, 6) is 0.237. The van der Waals surface area contributed by atoms with Crippen molar-refractivity contribution in [1.29, 1.82) is 0 Å². The van der Waals surface area contributed by atoms with Gasteiger partial charge in [0.05, 0.1) is 5.57 Å². The summed E-state index contributed by atoms with van der Waals surface area (Å²) in [5.41, 5.74) is 1.02. The van der Waals surface area contributed by atoms with E-state index in [1.165, 1.54) is 16.7 Å². The van der Waals surface area contributed by atoms with Crippen LogP contribution in [0, 0.1) is 6.92 Å². The lowest BCUT2D eigenvalue weighted by atomic mass is 9.99. The molecule has 6 rings (SSSR count). The number of nitrogens with zero attached hydrogens (tertiary/aromatic N) is 3. The van der Waals surface area contributed by atoms with E-state index in [9.17, 15) is 14.7 Å². The van der Waals surface area contributed by atoms with Gasteiger partial charge in [-0.05, 0) is 55.0 Å². The number of carbonyl (C=O) groups is 2. The molecule has 1 atom stereocenters. The van der Waals surface area contributed by atoms with E-state index in [1.54, 1.807) is 49.4 Å². The summed E-state index contributed by atoms with van der Waals surface area (Å²) in [6, 6.07) is 12.4. The standard InChI is InChI=1S/C27H19Cl2N3O6S2/c1-13-2-6-19(38-13)22-21(23(33)14-4-7-18-20(10-14)37-9-8-36-18)24(34)25(35)32(22)26-30-31-27(40-26)39-12-15-3-5-16(28)11-17(15)29/h2-7,10-11,22,33H,8-9,12H2,1H3/b23-21+. The predicted molar refractivity (Wildman–Crippen MR) is 152 cm³/mol. The fourth-order valence-electron chi connectivity index (χ4n) is 4.38. The zero-order chi connectivity index (χ0) is 28.0. The molecule has 40 heavy (non-hydrogen) atoms. The Bertz CT molecular complexity index is 1680. The van der Waals surface area contributed by atoms with E-state index in [2.05, 4.69) is 10.2 Å². The molecule has 4 aromatic rings. The number of Topliss-reactive ketones (excluding diaryl/α,β-unsaturated/α-hetero) is 1. The molecule has 0 spiro atoms. The summed E-state index contributed by atoms with van der Waals surface area (Å²) >= 11 is 14.8. The first-order chi connectivity index (χ1) is 19.3. The number of ketones is 1. The number of aryl methyl sites for hydroxylation is 1. The number of aliphatic hydroxyl groups is 1. The Labute approximate surface area is 246 Å². The zero-order valence-corrected chi connectivity index (χ0v) is 23.9. The van der Waals surface area contributed by atoms with E-state index in [4.69, 9.17) is 37.1 Å². The number of amides is 1. The number of hydrogen-bond donors (Lipinski definition) is 1. The molecule has 2 aliphatic heterocycles. The van der Waals surface area contributed by atoms with E-state index in [1.807, 2.05) is 6.07 Å². The van der Waals surface area contributed by atoms with E-state index >= 15 is 0 Å². The number of benzene rings is 2. The molecular weight excluding hydrogens is 597 g/mol. The minimum absolute atomic E-state index is 0.131. The lowest BCUT2D eigenvalue weighted by molar-refractivity contribution is -0.132. The molecule has 9 nitrogen and oxygen atoms in total. The van der Waals surface area contributed by atoms with Gasteiger partial charge in [-0.1, -0.05) is 52.4 Å². The van der Waals surface area contributed by atoms with Crippen LogP contribution in [0.4, 0.5) is 5.13 Å². The van der Waals surface area contributed by atoms with Crippen LogP contribution in [-0.4, -0.2) is 40.2 Å². The van der Waals surface area contributed by atoms with Gasteiger partial charge in [-0.3, -0.25) is 14.5 Å². The van der Waals surface area contributed by atoms with Crippen molar-refractivity contribution in [1.82, 2.24) is 10.2 Å². The Balaban J connectivity index is 1.36. The average molecular weight is 617 g/mol. The third-order valence-electron chi connectivity index (χ3n) is 6.26. The fraction of sp³-hybridized carbons (Fsp3) is 0.185. The number of halogens is 2. The van der Waals surface area contributed by atoms with Gasteiger partial charge in [0.2, 0.25) is 5.13 Å². The van der Waals surface area contributed by atoms with Crippen molar-refractivity contribution in [2.75, 3.05) is 18.1 Å². The maximum absolute atomic E-state index is 13.4. The quantitative estimate of drug-likeness (QED) is 0.0860. The molecule has 1 unspecified atom stereocenters. The summed E-state index contributed by atoms with van der Waals surface area (Å²) in [7, 11) is 0. The number of carbonyl (C=O) groups excluding carboxylic acids is 2. The van der Waals surface area contributed by atoms with Crippen LogP contribution in [0.25, 0.3) is 5.76 Å². The van der Waals surface area contributed by atoms with Crippen molar-refractivity contribution in [3.63, 3.8) is 0 Å². The average Bonchev–Trinajstić information content (AvgIpc) is 3.65. The number of anilines is 1. The summed E-state index contributed by atoms with van der Waals surface area (Å²) in [5, 5.41) is 21.0. The van der Waals surface area contributed by atoms with Gasteiger partial charge in [0.25, 0.3) is 5.78 Å². The van der Waals surface area contributed by atoms with Gasteiger partial charge in [-0.2, -0.15) is 0 Å². The monoisotopic (exact) mass is 615 g/mol. The molecule has 0 aliphatic carbocycles. The first-order valence-corrected chi connectivity index (χ1v) is 14.5. The maximum atomic E-state index is 13.4. The molecule has 1 amide bonds. The minimum Gasteiger partial charge on any atom is -0.507 e. The Morgan fingerprint density at radius 1 is 1.07 bits per heavy atom. The third-order valence-corrected chi connectivity index (χ3v) is 8.95. The van der Waals surface area contributed by atoms with Crippen molar-refractivity contribution in [3.05, 3.63) is 86.8 Å². The van der Waals surface area contributed by atoms with Crippen molar-refractivity contribution >= 4 is 68.9 Å². The van der Waals surface area contributed by atoms with Gasteiger partial charge in [0.15, 0.2) is 15.8 Å². The molecule has 1 N–H and O–H groups in total. The molecular formula is C27H19Cl2N3O6S2. The lowest BCUT2D eigenvalue weighted by Gasteiger charge is -2.21. The number of hydrogen-bond acceptors (Lipinski definition) is 10. The second-order valence-electron chi connectivity index (χ2n) is 8.85. The van der Waals surface area contributed by atoms with E-state index < -0.39 is 17.7 Å². The molecule has 0 saturated carbocycles. The number of aliphatic hydroxyl groups excluding tert-OH is 1. The molecule has 0 bridgehead atoms. The fourth-order valence-corrected chi connectivity index (χ4v) is 6.81. The van der Waals surface area contributed by atoms with Crippen molar-refractivity contribution < 1.29 is 28.6 Å². The highest BCUT2D eigenvalue weighted by Gasteiger charge is 2.50. The van der Waals surface area contributed by atoms with Crippen molar-refractivity contribution in [3.8, 4) is 11.5 Å². The Morgan fingerprint density at radius 3 is 2.62 bits per heavy atom. The summed E-state index contributed by atoms with van der Waals surface area (Å²) in [4.78, 5) is 28.0. The summed E-state index contributed by atoms with van der Waals surface area (Å²) < 4.78 is 17.6. The molecule has 1 saturated heterocycles. The highest BCUT2D eigenvalue weighted by Crippen LogP contribution is 2.45. The molecule has 2 aliphatic rings. The van der Waals surface area contributed by atoms with Crippen LogP contribution in [0.3, 0.4) is 0 Å². The molecule has 0 radical (unpaired) electrons. The highest BCUT2D eigenvalue weighted by molar-refractivity contribution is 8.00. The second kappa shape index (κ2) is 10.8. The Kier molecular flexibility index (Phi) is 7.22. The van der Waals surface area contributed by atoms with E-state index in [0.717, 1.165) is 16.9 Å². The van der Waals surface area contributed by atoms with Crippen LogP contribution in [0.5, 0.6) is 11.5 Å². The number of furan rings is 1. The van der Waals surface area contributed by atoms with Crippen LogP contribution >= 0.6 is 46.3 Å². The van der Waals surface area contributed by atoms with Gasteiger partial charge in [0, 0.05) is 21.4 Å². The first kappa shape index (κ1) is 26.7. The normalized spacial score (nSPS) is 18.0. The van der Waals surface area contributed by atoms with Gasteiger partial charge >= 0.3 is 5.91 Å². The molecule has 204 valence electrons. The van der Waals surface area contributed by atoms with Crippen LogP contribution in [-0.2, 0) is 15.3 Å². The molecule has 1 fully saturated rings. The van der Waals surface area contributed by atoms with Crippen LogP contribution in [0.1, 0.15) is 28.7 Å². The van der Waals surface area contributed by atoms with Crippen molar-refractivity contribution in [2.24, 2.45) is 0 Å². The molecule has 2 aromatic heterocycles. The Hall–Kier alpha value is -3.51. The lowest BCUT2D eigenvalue weighted by Crippen LogP contribution is -2.29. The van der Waals surface area contributed by atoms with Gasteiger partial charge in [-0.15, -0.1) is 10.2 Å². The highest BCUT2D eigenvalue weighted by atomic mass is 35.5. The SMILES string of the molecule is Cc1ccc(C2/C(=C(\O)c3ccc4c(c3)OCCO4)C(=O)C(=O)N2c2nnc(SCc3ccc(Cl)cc3Cl)s2)o1. The zero-order valence-electron chi connectivity index (χ0n) is 20.7. The third kappa shape index (κ3) is 4.94. The smallest absolute Gasteiger partial charge is 0.302 e. The van der Waals surface area contributed by atoms with Gasteiger partial charge in [-0.25, -0.2) is 0 Å². The summed E-state index contributed by atoms with van der Waals surface area (Å²) in [6.07, 6.45) is 0. The largest absolute Gasteiger partial charge is 0.507 e. The van der Waals surface area contributed by atoms with Crippen LogP contribution in [0.15, 0.2) is 62.9 Å². The maximum Gasteiger partial charge on any atom is 0.302 e. The van der Waals surface area contributed by atoms with Gasteiger partial charge in [0.1, 0.15) is 36.5 Å². The predicted octanol–water partition coefficient (Wildman–Crippen LogP) is 6.44. The van der Waals surface area contributed by atoms with Gasteiger partial charge < -0.3 is 19.0 Å². The first-order valence-electron chi connectivity index (χ1n) is 12.0. The topological polar surface area (TPSA) is 115 Å². The number of thioether (sulfide) groups is 1. The number of fused-ring (bicyclic) bond motifs is 1. The number of aromatic nitrogens is 2. The molecule has 13 heteroatoms. The number of rotatable bonds is 6. The van der Waals surface area contributed by atoms with Crippen LogP contribution < -0.4 is 14.4 Å². The Morgan fingerprint density at radius 2 is 1.88 bits per heavy atom. The van der Waals surface area contributed by atoms with Crippen molar-refractivity contribution in [2.45, 2.75) is 23.1 Å². The molecule has 4 heterocycles. The van der Waals surface area contributed by atoms with E-state index in [-0.39, 0.29) is 16.5 Å². The number of ether oxygens (including phenoxy) is 2. The minimum atomic E-state index is -1.06. The summed E-state index contributed by atoms with van der Waals surface area (Å²) in [6.45, 7) is 2.52. The molecule has 2 aromatic carbocycles. The second-order valence-corrected chi connectivity index (χ2v) is 11.9.